The Morgan fingerprint density at radius 3 is 0.536 bits per heavy atom. The molecule has 1 radical (unpaired) electrons. The number of nitrogens with zero attached hydrogens (tertiary/aromatic N) is 4. The van der Waals surface area contributed by atoms with Gasteiger partial charge in [-0.3, -0.25) is 0 Å². The number of rotatable bonds is 4. The van der Waals surface area contributed by atoms with Crippen molar-refractivity contribution in [2.45, 2.75) is 157 Å². The first kappa shape index (κ1) is 75.0. The summed E-state index contributed by atoms with van der Waals surface area (Å²) in [6.07, 6.45) is 0. The predicted octanol–water partition coefficient (Wildman–Crippen LogP) is 20.5. The Labute approximate surface area is 600 Å². The average Bonchev–Trinajstić information content (AvgIpc) is 1.57. The number of fused-ring (bicyclic) bond motifs is 8. The molecule has 3 aromatic heterocycles. The fourth-order valence-electron chi connectivity index (χ4n) is 10.2. The van der Waals surface area contributed by atoms with Crippen molar-refractivity contribution in [1.29, 1.82) is 0 Å². The van der Waals surface area contributed by atoms with Gasteiger partial charge in [0.05, 0.1) is 45.1 Å². The van der Waals surface area contributed by atoms with E-state index in [2.05, 4.69) is 370 Å². The molecule has 491 valence electrons. The minimum absolute atomic E-state index is 0. The third-order valence-electron chi connectivity index (χ3n) is 14.4. The molecule has 7 aromatic rings. The number of allylic oxidation sites excluding steroid dienone is 4. The smallest absolute Gasteiger partial charge is 0.655 e. The van der Waals surface area contributed by atoms with Gasteiger partial charge < -0.3 is 9.97 Å². The van der Waals surface area contributed by atoms with Gasteiger partial charge in [-0.15, -0.1) is 66.4 Å². The summed E-state index contributed by atoms with van der Waals surface area (Å²) in [7, 11) is -17.2. The number of hydrogen-bond acceptors (Lipinski definition) is 2. The van der Waals surface area contributed by atoms with Gasteiger partial charge in [0.2, 0.25) is 0 Å². The molecule has 0 saturated carbocycles. The van der Waals surface area contributed by atoms with Crippen LogP contribution in [-0.4, -0.2) is 74.6 Å². The van der Waals surface area contributed by atoms with E-state index in [9.17, 15) is 0 Å². The fraction of sp³-hybridized carbons (Fsp3) is 0.286. The molecule has 97 heavy (non-hydrogen) atoms. The number of benzene rings is 4. The summed E-state index contributed by atoms with van der Waals surface area (Å²) < 4.78 is 0. The van der Waals surface area contributed by atoms with E-state index in [0.29, 0.717) is 44.8 Å². The Morgan fingerprint density at radius 2 is 0.381 bits per heavy atom. The maximum atomic E-state index is 6.22. The van der Waals surface area contributed by atoms with Crippen LogP contribution in [0.5, 0.6) is 0 Å². The third-order valence-corrected chi connectivity index (χ3v) is 21.4. The van der Waals surface area contributed by atoms with E-state index in [0.717, 1.165) is 89.1 Å². The summed E-state index contributed by atoms with van der Waals surface area (Å²) in [5, 5.41) is 0. The molecule has 2 aliphatic rings. The molecular weight excluding hydrogens is 1350 g/mol. The second-order valence-corrected chi connectivity index (χ2v) is 71.2. The molecule has 2 aliphatic heterocycles. The quantitative estimate of drug-likeness (QED) is 0.130. The Morgan fingerprint density at radius 1 is 0.227 bits per heavy atom. The summed E-state index contributed by atoms with van der Waals surface area (Å²) in [6.45, 7) is 55.1. The van der Waals surface area contributed by atoms with Crippen LogP contribution in [0.4, 0.5) is 0 Å². The van der Waals surface area contributed by atoms with Crippen LogP contribution < -0.4 is 9.97 Å². The molecule has 8 bridgehead atoms. The number of hydrogen-bond donors (Lipinski definition) is 0. The van der Waals surface area contributed by atoms with Crippen LogP contribution in [0.3, 0.4) is 0 Å². The van der Waals surface area contributed by atoms with Gasteiger partial charge in [-0.25, -0.2) is 9.97 Å². The summed E-state index contributed by atoms with van der Waals surface area (Å²) in [5.74, 6) is 31.4. The molecule has 13 heteroatoms. The molecule has 0 fully saturated rings. The largest absolute Gasteiger partial charge is 2.00 e. The first-order valence-electron chi connectivity index (χ1n) is 33.4. The third kappa shape index (κ3) is 19.3. The first-order chi connectivity index (χ1) is 44.6. The fourth-order valence-corrected chi connectivity index (χ4v) is 14.2. The van der Waals surface area contributed by atoms with E-state index in [4.69, 9.17) is 19.9 Å². The van der Waals surface area contributed by atoms with E-state index in [1.807, 2.05) is 0 Å². The van der Waals surface area contributed by atoms with Crippen molar-refractivity contribution in [2.24, 2.45) is 0 Å². The maximum Gasteiger partial charge on any atom is 2.00 e. The van der Waals surface area contributed by atoms with E-state index in [1.54, 1.807) is 0 Å². The molecular formula is C84H92CuN4Si8. The molecule has 4 nitrogen and oxygen atoms in total. The summed E-state index contributed by atoms with van der Waals surface area (Å²) in [4.78, 5) is 24.9. The zero-order chi connectivity index (χ0) is 70.1. The molecule has 0 unspecified atom stereocenters. The van der Waals surface area contributed by atoms with Crippen LogP contribution in [0.25, 0.3) is 88.9 Å². The van der Waals surface area contributed by atoms with Crippen molar-refractivity contribution < 1.29 is 17.1 Å². The van der Waals surface area contributed by atoms with Crippen molar-refractivity contribution in [3.05, 3.63) is 166 Å². The van der Waals surface area contributed by atoms with Crippen molar-refractivity contribution in [1.82, 2.24) is 19.9 Å². The molecule has 5 heterocycles. The number of aromatic nitrogens is 4. The predicted molar refractivity (Wildman–Crippen MR) is 440 cm³/mol. The van der Waals surface area contributed by atoms with Gasteiger partial charge in [0.15, 0.2) is 0 Å². The second-order valence-electron chi connectivity index (χ2n) is 33.2. The second kappa shape index (κ2) is 29.0. The van der Waals surface area contributed by atoms with Crippen LogP contribution in [0.1, 0.15) is 45.0 Å². The molecule has 0 atom stereocenters. The van der Waals surface area contributed by atoms with E-state index < -0.39 is 64.6 Å². The molecule has 9 rings (SSSR count). The van der Waals surface area contributed by atoms with E-state index >= 15 is 0 Å². The minimum Gasteiger partial charge on any atom is -0.655 e. The normalized spacial score (nSPS) is 12.5. The van der Waals surface area contributed by atoms with Crippen molar-refractivity contribution in [3.8, 4) is 136 Å². The van der Waals surface area contributed by atoms with Crippen LogP contribution >= 0.6 is 0 Å². The molecule has 0 spiro atoms. The Hall–Kier alpha value is -7.79. The van der Waals surface area contributed by atoms with Crippen molar-refractivity contribution in [2.75, 3.05) is 0 Å². The molecule has 4 aromatic carbocycles. The minimum atomic E-state index is -2.15. The van der Waals surface area contributed by atoms with Crippen LogP contribution in [0.15, 0.2) is 121 Å². The van der Waals surface area contributed by atoms with Gasteiger partial charge in [-0.1, -0.05) is 326 Å². The van der Waals surface area contributed by atoms with E-state index in [-0.39, 0.29) is 17.1 Å². The SMILES string of the molecule is C[Si](C)(C)C#CC1=C(C#C[Si](C)(C)C)c2nc1c(-c1ccccc1)c1[n-]c(c(C#C[Si](C)(C)C)c1C#C[Si](C)(C)C)c(-c1ccccc1)c1nc(c(-c3ccccc3)c3[n-]c(c(C#C[Si](C)(C)C)c3C#C[Si](C)(C)C)c2-c2ccccc2)C(C#C[Si](C)(C)C)=C1C#C[Si](C)(C)C.[Cu+2]. The Balaban J connectivity index is 0.0000120. The molecule has 0 N–H and O–H groups in total. The Kier molecular flexibility index (Phi) is 22.4. The van der Waals surface area contributed by atoms with Crippen molar-refractivity contribution >= 4 is 109 Å². The van der Waals surface area contributed by atoms with E-state index in [1.165, 1.54) is 0 Å². The molecule has 0 amide bonds. The molecule has 0 aliphatic carbocycles. The first-order valence-corrected chi connectivity index (χ1v) is 61.4. The monoisotopic (exact) mass is 1440 g/mol. The van der Waals surface area contributed by atoms with Gasteiger partial charge in [0, 0.05) is 22.3 Å². The van der Waals surface area contributed by atoms with Gasteiger partial charge in [-0.2, -0.15) is 0 Å². The van der Waals surface area contributed by atoms with Crippen LogP contribution in [0, 0.1) is 91.7 Å². The zero-order valence-electron chi connectivity index (χ0n) is 61.6. The summed E-state index contributed by atoms with van der Waals surface area (Å²) in [6, 6.07) is 42.4. The van der Waals surface area contributed by atoms with Crippen LogP contribution in [0.2, 0.25) is 157 Å². The average molecular weight is 1450 g/mol. The maximum absolute atomic E-state index is 6.22. The van der Waals surface area contributed by atoms with Gasteiger partial charge in [0.25, 0.3) is 0 Å². The standard InChI is InChI=1S/C84H92N4Si8.Cu/c1-89(2,3)53-45-65-66(46-54-90(4,5)6)78-74(62-39-31-26-32-40-62)80-69(49-57-93(13,14)15)70(50-58-94(16,17)18)82(87-80)76(64-43-35-28-36-44-64)84-72(52-60-96(22,23)24)71(51-59-95(19,20)21)83(88-84)75(63-41-33-27-34-42-63)81-68(48-56-92(10,11)12)67(47-55-91(7,8)9)79(86-81)73(77(65)85-78)61-37-29-25-30-38-61;/h25-44H,1-24H3;/q-2;+2. The summed E-state index contributed by atoms with van der Waals surface area (Å²) in [5.41, 5.74) is 48.9. The van der Waals surface area contributed by atoms with Gasteiger partial charge in [0.1, 0.15) is 64.6 Å². The summed E-state index contributed by atoms with van der Waals surface area (Å²) >= 11 is 0. The van der Waals surface area contributed by atoms with Crippen molar-refractivity contribution in [3.63, 3.8) is 0 Å². The Bertz CT molecular complexity index is 4440. The molecule has 0 saturated heterocycles. The topological polar surface area (TPSA) is 54.0 Å². The zero-order valence-corrected chi connectivity index (χ0v) is 70.6. The van der Waals surface area contributed by atoms with Crippen LogP contribution in [-0.2, 0) is 17.1 Å². The van der Waals surface area contributed by atoms with Gasteiger partial charge in [-0.05, 0) is 44.5 Å². The van der Waals surface area contributed by atoms with Gasteiger partial charge >= 0.3 is 17.1 Å².